The molecule has 1 aliphatic heterocycles. The van der Waals surface area contributed by atoms with Crippen molar-refractivity contribution in [3.8, 4) is 11.7 Å². The molecule has 1 atom stereocenters. The second-order valence-corrected chi connectivity index (χ2v) is 6.62. The molecule has 0 fully saturated rings. The molecule has 2 aromatic heterocycles. The Morgan fingerprint density at radius 3 is 2.83 bits per heavy atom. The van der Waals surface area contributed by atoms with Gasteiger partial charge in [-0.25, -0.2) is 9.59 Å². The number of esters is 1. The van der Waals surface area contributed by atoms with E-state index in [2.05, 4.69) is 20.8 Å². The van der Waals surface area contributed by atoms with E-state index in [0.29, 0.717) is 48.4 Å². The van der Waals surface area contributed by atoms with Crippen LogP contribution in [0.1, 0.15) is 33.1 Å². The molecule has 2 amide bonds. The molecule has 0 saturated carbocycles. The van der Waals surface area contributed by atoms with Gasteiger partial charge in [-0.15, -0.1) is 10.2 Å². The summed E-state index contributed by atoms with van der Waals surface area (Å²) in [7, 11) is 0. The summed E-state index contributed by atoms with van der Waals surface area (Å²) in [4.78, 5) is 26.4. The normalized spacial score (nSPS) is 16.7. The number of aromatic nitrogens is 2. The van der Waals surface area contributed by atoms with Crippen molar-refractivity contribution in [1.29, 1.82) is 0 Å². The number of urea groups is 1. The summed E-state index contributed by atoms with van der Waals surface area (Å²) in [5.74, 6) is 0.766. The first-order chi connectivity index (χ1) is 14.0. The molecule has 0 spiro atoms. The van der Waals surface area contributed by atoms with Crippen molar-refractivity contribution in [2.75, 3.05) is 19.7 Å². The smallest absolute Gasteiger partial charge is 0.337 e. The van der Waals surface area contributed by atoms with Gasteiger partial charge in [0.2, 0.25) is 5.89 Å². The van der Waals surface area contributed by atoms with E-state index in [1.165, 1.54) is 6.26 Å². The molecule has 29 heavy (non-hydrogen) atoms. The number of hydrogen-bond acceptors (Lipinski definition) is 8. The molecule has 10 heteroatoms. The van der Waals surface area contributed by atoms with E-state index in [-0.39, 0.29) is 12.6 Å². The standard InChI is InChI=1S/C19H25N5O5/c1-4-8-24(11-15-22-23-17(29-15)14-7-6-9-28-14)10-13-16(18(25)27-5-2)12(3)20-19(26)21-13/h6-7,9,12H,4-5,8,10-11H2,1-3H3,(H2,20,21,26)/t12-/m1/s1. The topological polar surface area (TPSA) is 123 Å². The van der Waals surface area contributed by atoms with Crippen molar-refractivity contribution >= 4 is 12.0 Å². The Labute approximate surface area is 168 Å². The molecule has 0 bridgehead atoms. The molecular formula is C19H25N5O5. The lowest BCUT2D eigenvalue weighted by atomic mass is 10.0. The number of nitrogens with one attached hydrogen (secondary N) is 2. The summed E-state index contributed by atoms with van der Waals surface area (Å²) in [6.07, 6.45) is 2.40. The van der Waals surface area contributed by atoms with Crippen LogP contribution < -0.4 is 10.6 Å². The molecule has 10 nitrogen and oxygen atoms in total. The van der Waals surface area contributed by atoms with Crippen molar-refractivity contribution in [2.24, 2.45) is 0 Å². The van der Waals surface area contributed by atoms with Crippen LogP contribution >= 0.6 is 0 Å². The average molecular weight is 403 g/mol. The molecule has 2 aromatic rings. The number of furan rings is 1. The van der Waals surface area contributed by atoms with Gasteiger partial charge < -0.3 is 24.2 Å². The summed E-state index contributed by atoms with van der Waals surface area (Å²) in [6.45, 7) is 7.19. The van der Waals surface area contributed by atoms with Crippen molar-refractivity contribution in [3.63, 3.8) is 0 Å². The second kappa shape index (κ2) is 9.37. The number of carbonyl (C=O) groups is 2. The van der Waals surface area contributed by atoms with Gasteiger partial charge in [-0.3, -0.25) is 4.90 Å². The Balaban J connectivity index is 1.79. The lowest BCUT2D eigenvalue weighted by Gasteiger charge is -2.29. The van der Waals surface area contributed by atoms with Crippen LogP contribution in [0.4, 0.5) is 4.79 Å². The first-order valence-electron chi connectivity index (χ1n) is 9.58. The molecule has 0 aliphatic carbocycles. The predicted molar refractivity (Wildman–Crippen MR) is 102 cm³/mol. The van der Waals surface area contributed by atoms with Gasteiger partial charge in [0, 0.05) is 12.2 Å². The fourth-order valence-corrected chi connectivity index (χ4v) is 3.17. The van der Waals surface area contributed by atoms with Crippen molar-refractivity contribution in [2.45, 2.75) is 39.8 Å². The van der Waals surface area contributed by atoms with Crippen molar-refractivity contribution in [3.05, 3.63) is 35.6 Å². The van der Waals surface area contributed by atoms with E-state index in [0.717, 1.165) is 6.42 Å². The van der Waals surface area contributed by atoms with E-state index in [1.54, 1.807) is 26.0 Å². The molecule has 156 valence electrons. The van der Waals surface area contributed by atoms with Crippen LogP contribution in [-0.4, -0.2) is 52.8 Å². The van der Waals surface area contributed by atoms with Gasteiger partial charge in [0.05, 0.1) is 31.0 Å². The van der Waals surface area contributed by atoms with Crippen molar-refractivity contribution in [1.82, 2.24) is 25.7 Å². The predicted octanol–water partition coefficient (Wildman–Crippen LogP) is 2.06. The highest BCUT2D eigenvalue weighted by Crippen LogP contribution is 2.20. The van der Waals surface area contributed by atoms with Crippen molar-refractivity contribution < 1.29 is 23.2 Å². The number of ether oxygens (including phenoxy) is 1. The molecule has 0 radical (unpaired) electrons. The maximum Gasteiger partial charge on any atom is 0.337 e. The maximum absolute atomic E-state index is 12.4. The maximum atomic E-state index is 12.4. The minimum Gasteiger partial charge on any atom is -0.463 e. The van der Waals surface area contributed by atoms with Gasteiger partial charge in [0.1, 0.15) is 0 Å². The third-order valence-electron chi connectivity index (χ3n) is 4.34. The third-order valence-corrected chi connectivity index (χ3v) is 4.34. The highest BCUT2D eigenvalue weighted by atomic mass is 16.5. The molecule has 0 saturated heterocycles. The Kier molecular flexibility index (Phi) is 6.65. The van der Waals surface area contributed by atoms with E-state index in [4.69, 9.17) is 13.6 Å². The molecule has 2 N–H and O–H groups in total. The van der Waals surface area contributed by atoms with E-state index >= 15 is 0 Å². The van der Waals surface area contributed by atoms with Gasteiger partial charge in [-0.1, -0.05) is 6.92 Å². The number of hydrogen-bond donors (Lipinski definition) is 2. The van der Waals surface area contributed by atoms with Crippen LogP contribution in [0.5, 0.6) is 0 Å². The van der Waals surface area contributed by atoms with Gasteiger partial charge >= 0.3 is 12.0 Å². The Morgan fingerprint density at radius 2 is 2.14 bits per heavy atom. The average Bonchev–Trinajstić information content (AvgIpc) is 3.33. The van der Waals surface area contributed by atoms with Crippen LogP contribution in [0.15, 0.2) is 38.5 Å². The summed E-state index contributed by atoms with van der Waals surface area (Å²) in [5, 5.41) is 13.5. The largest absolute Gasteiger partial charge is 0.463 e. The zero-order chi connectivity index (χ0) is 20.8. The fourth-order valence-electron chi connectivity index (χ4n) is 3.17. The number of amides is 2. The summed E-state index contributed by atoms with van der Waals surface area (Å²) < 4.78 is 16.1. The molecule has 0 aromatic carbocycles. The van der Waals surface area contributed by atoms with E-state index in [1.807, 2.05) is 11.8 Å². The molecular weight excluding hydrogens is 378 g/mol. The highest BCUT2D eigenvalue weighted by Gasteiger charge is 2.30. The third kappa shape index (κ3) is 5.02. The van der Waals surface area contributed by atoms with Crippen LogP contribution in [0.2, 0.25) is 0 Å². The zero-order valence-corrected chi connectivity index (χ0v) is 16.7. The summed E-state index contributed by atoms with van der Waals surface area (Å²) >= 11 is 0. The van der Waals surface area contributed by atoms with Crippen LogP contribution in [0, 0.1) is 0 Å². The molecule has 1 aliphatic rings. The van der Waals surface area contributed by atoms with Gasteiger partial charge in [0.25, 0.3) is 5.89 Å². The van der Waals surface area contributed by atoms with Gasteiger partial charge in [-0.2, -0.15) is 0 Å². The highest BCUT2D eigenvalue weighted by molar-refractivity contribution is 5.94. The summed E-state index contributed by atoms with van der Waals surface area (Å²) in [5.41, 5.74) is 0.924. The number of rotatable bonds is 9. The first kappa shape index (κ1) is 20.6. The minimum atomic E-state index is -0.449. The number of nitrogens with zero attached hydrogens (tertiary/aromatic N) is 3. The molecule has 0 unspecified atom stereocenters. The SMILES string of the molecule is CCCN(CC1=C(C(=O)OCC)[C@@H](C)NC(=O)N1)Cc1nnc(-c2ccco2)o1. The van der Waals surface area contributed by atoms with E-state index in [9.17, 15) is 9.59 Å². The van der Waals surface area contributed by atoms with Gasteiger partial charge in [0.15, 0.2) is 5.76 Å². The lowest BCUT2D eigenvalue weighted by Crippen LogP contribution is -2.51. The quantitative estimate of drug-likeness (QED) is 0.610. The molecule has 3 heterocycles. The van der Waals surface area contributed by atoms with Crippen LogP contribution in [0.3, 0.4) is 0 Å². The Bertz CT molecular complexity index is 873. The Morgan fingerprint density at radius 1 is 1.31 bits per heavy atom. The molecule has 3 rings (SSSR count). The summed E-state index contributed by atoms with van der Waals surface area (Å²) in [6, 6.07) is 2.68. The second-order valence-electron chi connectivity index (χ2n) is 6.62. The van der Waals surface area contributed by atoms with Gasteiger partial charge in [-0.05, 0) is 38.9 Å². The number of carbonyl (C=O) groups excluding carboxylic acids is 2. The van der Waals surface area contributed by atoms with E-state index < -0.39 is 12.0 Å². The zero-order valence-electron chi connectivity index (χ0n) is 16.7. The monoisotopic (exact) mass is 403 g/mol. The fraction of sp³-hybridized carbons (Fsp3) is 0.474. The lowest BCUT2D eigenvalue weighted by molar-refractivity contribution is -0.139. The minimum absolute atomic E-state index is 0.256. The Hall–Kier alpha value is -3.14. The van der Waals surface area contributed by atoms with Crippen LogP contribution in [0.25, 0.3) is 11.7 Å². The first-order valence-corrected chi connectivity index (χ1v) is 9.58. The van der Waals surface area contributed by atoms with Crippen LogP contribution in [-0.2, 0) is 16.1 Å².